The van der Waals surface area contributed by atoms with Gasteiger partial charge in [0, 0.05) is 31.4 Å². The Morgan fingerprint density at radius 1 is 0.774 bits per heavy atom. The van der Waals surface area contributed by atoms with Crippen molar-refractivity contribution in [1.82, 2.24) is 0 Å². The van der Waals surface area contributed by atoms with Crippen LogP contribution in [-0.2, 0) is 10.0 Å². The normalized spacial score (nSPS) is 11.0. The van der Waals surface area contributed by atoms with Crippen LogP contribution in [0.3, 0.4) is 0 Å². The average molecular weight is 441 g/mol. The zero-order valence-electron chi connectivity index (χ0n) is 17.8. The zero-order valence-corrected chi connectivity index (χ0v) is 18.6. The van der Waals surface area contributed by atoms with E-state index in [0.29, 0.717) is 22.7 Å². The van der Waals surface area contributed by atoms with Crippen LogP contribution in [0.1, 0.15) is 10.4 Å². The molecule has 0 saturated carbocycles. The molecular formula is C23H24N2O5S. The number of hydrogen-bond donors (Lipinski definition) is 0. The monoisotopic (exact) mass is 440 g/mol. The standard InChI is InChI=1S/C23H24N2O5S/c1-24(18-8-6-5-7-9-18)23(26)17-10-12-19(13-11-17)25(2)31(27,28)20-14-15-21(29-3)22(16-20)30-4/h5-16H,1-4H3. The molecule has 0 unspecified atom stereocenters. The molecule has 0 atom stereocenters. The molecular weight excluding hydrogens is 416 g/mol. The number of para-hydroxylation sites is 1. The van der Waals surface area contributed by atoms with Gasteiger partial charge in [-0.05, 0) is 48.5 Å². The Balaban J connectivity index is 1.84. The smallest absolute Gasteiger partial charge is 0.264 e. The van der Waals surface area contributed by atoms with Crippen molar-refractivity contribution in [3.05, 3.63) is 78.4 Å². The van der Waals surface area contributed by atoms with Crippen molar-refractivity contribution in [3.63, 3.8) is 0 Å². The van der Waals surface area contributed by atoms with Crippen LogP contribution >= 0.6 is 0 Å². The molecule has 3 rings (SSSR count). The van der Waals surface area contributed by atoms with Crippen LogP contribution in [0.4, 0.5) is 11.4 Å². The third-order valence-electron chi connectivity index (χ3n) is 4.94. The SMILES string of the molecule is COc1ccc(S(=O)(=O)N(C)c2ccc(C(=O)N(C)c3ccccc3)cc2)cc1OC. The second kappa shape index (κ2) is 9.09. The van der Waals surface area contributed by atoms with Gasteiger partial charge in [-0.25, -0.2) is 8.42 Å². The molecule has 0 fully saturated rings. The number of hydrogen-bond acceptors (Lipinski definition) is 5. The minimum absolute atomic E-state index is 0.0663. The van der Waals surface area contributed by atoms with E-state index in [0.717, 1.165) is 9.99 Å². The van der Waals surface area contributed by atoms with Crippen molar-refractivity contribution in [1.29, 1.82) is 0 Å². The third kappa shape index (κ3) is 4.49. The predicted molar refractivity (Wildman–Crippen MR) is 121 cm³/mol. The van der Waals surface area contributed by atoms with Crippen LogP contribution in [0.5, 0.6) is 11.5 Å². The Bertz CT molecular complexity index is 1160. The van der Waals surface area contributed by atoms with E-state index in [1.54, 1.807) is 42.3 Å². The molecule has 162 valence electrons. The van der Waals surface area contributed by atoms with Gasteiger partial charge in [0.1, 0.15) is 0 Å². The van der Waals surface area contributed by atoms with Gasteiger partial charge in [0.05, 0.1) is 24.8 Å². The fourth-order valence-electron chi connectivity index (χ4n) is 3.05. The van der Waals surface area contributed by atoms with E-state index in [-0.39, 0.29) is 10.8 Å². The van der Waals surface area contributed by atoms with Gasteiger partial charge in [0.2, 0.25) is 0 Å². The first-order valence-electron chi connectivity index (χ1n) is 9.43. The molecule has 0 N–H and O–H groups in total. The number of ether oxygens (including phenoxy) is 2. The molecule has 0 bridgehead atoms. The lowest BCUT2D eigenvalue weighted by Gasteiger charge is -2.21. The molecule has 0 aliphatic rings. The molecule has 7 nitrogen and oxygen atoms in total. The summed E-state index contributed by atoms with van der Waals surface area (Å²) in [7, 11) is 2.24. The van der Waals surface area contributed by atoms with E-state index in [2.05, 4.69) is 0 Å². The van der Waals surface area contributed by atoms with E-state index < -0.39 is 10.0 Å². The number of carbonyl (C=O) groups is 1. The van der Waals surface area contributed by atoms with Crippen molar-refractivity contribution in [2.24, 2.45) is 0 Å². The van der Waals surface area contributed by atoms with E-state index in [1.165, 1.54) is 33.4 Å². The number of benzene rings is 3. The molecule has 0 aromatic heterocycles. The first-order chi connectivity index (χ1) is 14.8. The van der Waals surface area contributed by atoms with Gasteiger partial charge in [-0.2, -0.15) is 0 Å². The highest BCUT2D eigenvalue weighted by molar-refractivity contribution is 7.92. The van der Waals surface area contributed by atoms with Gasteiger partial charge in [-0.3, -0.25) is 9.10 Å². The van der Waals surface area contributed by atoms with E-state index in [9.17, 15) is 13.2 Å². The molecule has 0 aliphatic carbocycles. The number of rotatable bonds is 7. The molecule has 0 radical (unpaired) electrons. The molecule has 0 heterocycles. The average Bonchev–Trinajstić information content (AvgIpc) is 2.82. The summed E-state index contributed by atoms with van der Waals surface area (Å²) in [6.45, 7) is 0. The highest BCUT2D eigenvalue weighted by Crippen LogP contribution is 2.31. The fraction of sp³-hybridized carbons (Fsp3) is 0.174. The molecule has 0 spiro atoms. The minimum Gasteiger partial charge on any atom is -0.493 e. The highest BCUT2D eigenvalue weighted by Gasteiger charge is 2.23. The van der Waals surface area contributed by atoms with E-state index in [4.69, 9.17) is 9.47 Å². The molecule has 3 aromatic carbocycles. The molecule has 1 amide bonds. The molecule has 8 heteroatoms. The van der Waals surface area contributed by atoms with Gasteiger partial charge in [0.15, 0.2) is 11.5 Å². The number of nitrogens with zero attached hydrogens (tertiary/aromatic N) is 2. The van der Waals surface area contributed by atoms with Crippen molar-refractivity contribution >= 4 is 27.3 Å². The first kappa shape index (κ1) is 22.2. The lowest BCUT2D eigenvalue weighted by molar-refractivity contribution is 0.0993. The van der Waals surface area contributed by atoms with Crippen LogP contribution in [-0.4, -0.2) is 42.6 Å². The van der Waals surface area contributed by atoms with Gasteiger partial charge < -0.3 is 14.4 Å². The van der Waals surface area contributed by atoms with Crippen LogP contribution < -0.4 is 18.7 Å². The summed E-state index contributed by atoms with van der Waals surface area (Å²) >= 11 is 0. The quantitative estimate of drug-likeness (QED) is 0.559. The van der Waals surface area contributed by atoms with Gasteiger partial charge >= 0.3 is 0 Å². The van der Waals surface area contributed by atoms with Crippen molar-refractivity contribution in [3.8, 4) is 11.5 Å². The van der Waals surface area contributed by atoms with E-state index in [1.807, 2.05) is 30.3 Å². The summed E-state index contributed by atoms with van der Waals surface area (Å²) in [6.07, 6.45) is 0. The first-order valence-corrected chi connectivity index (χ1v) is 10.9. The van der Waals surface area contributed by atoms with Crippen molar-refractivity contribution in [2.45, 2.75) is 4.90 Å². The van der Waals surface area contributed by atoms with Crippen LogP contribution in [0.2, 0.25) is 0 Å². The highest BCUT2D eigenvalue weighted by atomic mass is 32.2. The summed E-state index contributed by atoms with van der Waals surface area (Å²) < 4.78 is 37.7. The molecule has 0 aliphatic heterocycles. The molecule has 0 saturated heterocycles. The summed E-state index contributed by atoms with van der Waals surface area (Å²) in [5, 5.41) is 0. The predicted octanol–water partition coefficient (Wildman–Crippen LogP) is 3.81. The van der Waals surface area contributed by atoms with Crippen LogP contribution in [0.25, 0.3) is 0 Å². The Hall–Kier alpha value is -3.52. The Labute approximate surface area is 182 Å². The van der Waals surface area contributed by atoms with E-state index >= 15 is 0 Å². The third-order valence-corrected chi connectivity index (χ3v) is 6.72. The van der Waals surface area contributed by atoms with Crippen LogP contribution in [0.15, 0.2) is 77.7 Å². The fourth-order valence-corrected chi connectivity index (χ4v) is 4.26. The second-order valence-corrected chi connectivity index (χ2v) is 8.71. The molecule has 3 aromatic rings. The zero-order chi connectivity index (χ0) is 22.6. The Morgan fingerprint density at radius 2 is 1.39 bits per heavy atom. The lowest BCUT2D eigenvalue weighted by Crippen LogP contribution is -2.27. The van der Waals surface area contributed by atoms with Crippen molar-refractivity contribution in [2.75, 3.05) is 37.5 Å². The van der Waals surface area contributed by atoms with Crippen molar-refractivity contribution < 1.29 is 22.7 Å². The summed E-state index contributed by atoms with van der Waals surface area (Å²) in [6, 6.07) is 20.1. The number of methoxy groups -OCH3 is 2. The maximum atomic E-state index is 13.1. The summed E-state index contributed by atoms with van der Waals surface area (Å²) in [5.74, 6) is 0.569. The minimum atomic E-state index is -3.84. The maximum Gasteiger partial charge on any atom is 0.264 e. The number of sulfonamides is 1. The Kier molecular flexibility index (Phi) is 6.50. The van der Waals surface area contributed by atoms with Gasteiger partial charge in [-0.15, -0.1) is 0 Å². The van der Waals surface area contributed by atoms with Crippen LogP contribution in [0, 0.1) is 0 Å². The number of carbonyl (C=O) groups excluding carboxylic acids is 1. The second-order valence-electron chi connectivity index (χ2n) is 6.74. The lowest BCUT2D eigenvalue weighted by atomic mass is 10.1. The summed E-state index contributed by atoms with van der Waals surface area (Å²) in [4.78, 5) is 14.4. The largest absolute Gasteiger partial charge is 0.493 e. The summed E-state index contributed by atoms with van der Waals surface area (Å²) in [5.41, 5.74) is 1.64. The maximum absolute atomic E-state index is 13.1. The van der Waals surface area contributed by atoms with Gasteiger partial charge in [-0.1, -0.05) is 18.2 Å². The Morgan fingerprint density at radius 3 is 1.97 bits per heavy atom. The molecule has 31 heavy (non-hydrogen) atoms. The topological polar surface area (TPSA) is 76.2 Å². The van der Waals surface area contributed by atoms with Gasteiger partial charge in [0.25, 0.3) is 15.9 Å². The number of anilines is 2. The number of amides is 1.